The molecule has 0 fully saturated rings. The zero-order valence-corrected chi connectivity index (χ0v) is 19.2. The van der Waals surface area contributed by atoms with Gasteiger partial charge in [-0.05, 0) is 17.2 Å². The molecule has 0 spiro atoms. The molecule has 0 radical (unpaired) electrons. The van der Waals surface area contributed by atoms with Gasteiger partial charge in [-0.2, -0.15) is 0 Å². The van der Waals surface area contributed by atoms with Crippen LogP contribution in [0.3, 0.4) is 0 Å². The van der Waals surface area contributed by atoms with Crippen LogP contribution in [0.1, 0.15) is 11.1 Å². The van der Waals surface area contributed by atoms with E-state index in [0.29, 0.717) is 29.5 Å². The molecule has 27 heavy (non-hydrogen) atoms. The Bertz CT molecular complexity index is 853. The number of nitrogens with one attached hydrogen (secondary N) is 1. The third-order valence-corrected chi connectivity index (χ3v) is 5.76. The van der Waals surface area contributed by atoms with Crippen LogP contribution in [0.5, 0.6) is 0 Å². The highest BCUT2D eigenvalue weighted by atomic mass is 127. The van der Waals surface area contributed by atoms with Crippen LogP contribution in [0.2, 0.25) is 0 Å². The van der Waals surface area contributed by atoms with Crippen molar-refractivity contribution in [2.45, 2.75) is 18.0 Å². The largest absolute Gasteiger partial charge is 0.352 e. The highest BCUT2D eigenvalue weighted by Gasteiger charge is 2.20. The third kappa shape index (κ3) is 6.47. The molecule has 0 aromatic heterocycles. The van der Waals surface area contributed by atoms with E-state index in [1.807, 2.05) is 61.5 Å². The number of hydrogen-bond donors (Lipinski definition) is 1. The quantitative estimate of drug-likeness (QED) is 0.375. The molecule has 0 saturated heterocycles. The maximum atomic E-state index is 12.5. The average Bonchev–Trinajstić information content (AvgIpc) is 2.62. The van der Waals surface area contributed by atoms with Gasteiger partial charge in [0.25, 0.3) is 0 Å². The topological polar surface area (TPSA) is 65.0 Å². The third-order valence-electron chi connectivity index (χ3n) is 3.85. The summed E-state index contributed by atoms with van der Waals surface area (Å²) < 4.78 is 26.2. The van der Waals surface area contributed by atoms with Gasteiger partial charge in [-0.15, -0.1) is 24.0 Å². The van der Waals surface area contributed by atoms with Crippen LogP contribution in [-0.2, 0) is 23.1 Å². The van der Waals surface area contributed by atoms with Crippen molar-refractivity contribution in [2.24, 2.45) is 4.99 Å². The molecule has 0 unspecified atom stereocenters. The van der Waals surface area contributed by atoms with Gasteiger partial charge in [0.15, 0.2) is 5.96 Å². The maximum absolute atomic E-state index is 12.5. The van der Waals surface area contributed by atoms with Crippen LogP contribution in [0.25, 0.3) is 0 Å². The molecule has 0 bridgehead atoms. The molecule has 6 nitrogen and oxygen atoms in total. The summed E-state index contributed by atoms with van der Waals surface area (Å²) in [5.74, 6) is 0.700. The van der Waals surface area contributed by atoms with Gasteiger partial charge in [0.05, 0.1) is 11.4 Å². The molecule has 1 N–H and O–H groups in total. The monoisotopic (exact) mass is 502 g/mol. The molecule has 2 aromatic rings. The molecule has 0 amide bonds. The molecule has 0 aliphatic rings. The maximum Gasteiger partial charge on any atom is 0.242 e. The van der Waals surface area contributed by atoms with E-state index in [0.717, 1.165) is 5.56 Å². The summed E-state index contributed by atoms with van der Waals surface area (Å²) in [6.45, 7) is 0.925. The van der Waals surface area contributed by atoms with Crippen LogP contribution in [0, 0.1) is 0 Å². The summed E-state index contributed by atoms with van der Waals surface area (Å²) >= 11 is 0. The molecule has 0 atom stereocenters. The lowest BCUT2D eigenvalue weighted by molar-refractivity contribution is 0.519. The van der Waals surface area contributed by atoms with E-state index < -0.39 is 10.0 Å². The first kappa shape index (κ1) is 23.4. The summed E-state index contributed by atoms with van der Waals surface area (Å²) in [6.07, 6.45) is 0. The second kappa shape index (κ2) is 10.6. The van der Waals surface area contributed by atoms with E-state index in [9.17, 15) is 8.42 Å². The molecular formula is C19H27IN4O2S. The SMILES string of the molecule is CN(C)C(=NCc1ccccc1)NCc1ccccc1S(=O)(=O)N(C)C.I. The van der Waals surface area contributed by atoms with Crippen LogP contribution >= 0.6 is 24.0 Å². The first-order valence-electron chi connectivity index (χ1n) is 8.32. The molecule has 0 aliphatic carbocycles. The summed E-state index contributed by atoms with van der Waals surface area (Å²) in [5.41, 5.74) is 1.82. The van der Waals surface area contributed by atoms with E-state index in [-0.39, 0.29) is 24.0 Å². The first-order chi connectivity index (χ1) is 12.3. The van der Waals surface area contributed by atoms with Crippen LogP contribution < -0.4 is 5.32 Å². The van der Waals surface area contributed by atoms with Crippen molar-refractivity contribution in [3.05, 3.63) is 65.7 Å². The van der Waals surface area contributed by atoms with Gasteiger partial charge in [0.1, 0.15) is 0 Å². The summed E-state index contributed by atoms with van der Waals surface area (Å²) in [4.78, 5) is 6.79. The summed E-state index contributed by atoms with van der Waals surface area (Å²) in [5, 5.41) is 3.25. The fourth-order valence-electron chi connectivity index (χ4n) is 2.38. The van der Waals surface area contributed by atoms with E-state index in [4.69, 9.17) is 0 Å². The molecule has 0 heterocycles. The smallest absolute Gasteiger partial charge is 0.242 e. The second-order valence-corrected chi connectivity index (χ2v) is 8.39. The number of benzene rings is 2. The Morgan fingerprint density at radius 3 is 2.15 bits per heavy atom. The Morgan fingerprint density at radius 2 is 1.56 bits per heavy atom. The molecule has 0 saturated carbocycles. The molecular weight excluding hydrogens is 475 g/mol. The zero-order chi connectivity index (χ0) is 19.2. The summed E-state index contributed by atoms with van der Waals surface area (Å²) in [6, 6.07) is 17.0. The molecule has 8 heteroatoms. The number of hydrogen-bond acceptors (Lipinski definition) is 3. The van der Waals surface area contributed by atoms with Gasteiger partial charge in [0, 0.05) is 34.7 Å². The first-order valence-corrected chi connectivity index (χ1v) is 9.76. The number of rotatable bonds is 6. The molecule has 2 rings (SSSR count). The highest BCUT2D eigenvalue weighted by molar-refractivity contribution is 14.0. The standard InChI is InChI=1S/C19H26N4O2S.HI/c1-22(2)19(20-14-16-10-6-5-7-11-16)21-15-17-12-8-9-13-18(17)26(24,25)23(3)4;/h5-13H,14-15H2,1-4H3,(H,20,21);1H. The minimum Gasteiger partial charge on any atom is -0.352 e. The minimum atomic E-state index is -3.49. The van der Waals surface area contributed by atoms with Crippen molar-refractivity contribution in [1.82, 2.24) is 14.5 Å². The van der Waals surface area contributed by atoms with E-state index >= 15 is 0 Å². The number of guanidine groups is 1. The predicted molar refractivity (Wildman–Crippen MR) is 121 cm³/mol. The van der Waals surface area contributed by atoms with Gasteiger partial charge in [-0.3, -0.25) is 0 Å². The molecule has 0 aliphatic heterocycles. The van der Waals surface area contributed by atoms with Crippen LogP contribution in [0.4, 0.5) is 0 Å². The zero-order valence-electron chi connectivity index (χ0n) is 16.1. The lowest BCUT2D eigenvalue weighted by atomic mass is 10.2. The summed E-state index contributed by atoms with van der Waals surface area (Å²) in [7, 11) is 3.38. The number of nitrogens with zero attached hydrogens (tertiary/aromatic N) is 3. The Hall–Kier alpha value is -1.65. The molecule has 148 valence electrons. The van der Waals surface area contributed by atoms with Crippen LogP contribution in [0.15, 0.2) is 64.5 Å². The van der Waals surface area contributed by atoms with Crippen molar-refractivity contribution in [3.8, 4) is 0 Å². The average molecular weight is 502 g/mol. The normalized spacial score (nSPS) is 11.8. The van der Waals surface area contributed by atoms with Gasteiger partial charge in [-0.1, -0.05) is 48.5 Å². The van der Waals surface area contributed by atoms with Crippen LogP contribution in [-0.4, -0.2) is 51.8 Å². The fourth-order valence-corrected chi connectivity index (χ4v) is 3.49. The second-order valence-electron chi connectivity index (χ2n) is 6.27. The Morgan fingerprint density at radius 1 is 0.963 bits per heavy atom. The lowest BCUT2D eigenvalue weighted by Gasteiger charge is -2.20. The van der Waals surface area contributed by atoms with Crippen molar-refractivity contribution in [3.63, 3.8) is 0 Å². The van der Waals surface area contributed by atoms with Gasteiger partial charge in [-0.25, -0.2) is 17.7 Å². The van der Waals surface area contributed by atoms with E-state index in [1.165, 1.54) is 18.4 Å². The number of halogens is 1. The minimum absolute atomic E-state index is 0. The van der Waals surface area contributed by atoms with Gasteiger partial charge in [0.2, 0.25) is 10.0 Å². The van der Waals surface area contributed by atoms with Gasteiger partial charge >= 0.3 is 0 Å². The highest BCUT2D eigenvalue weighted by Crippen LogP contribution is 2.18. The van der Waals surface area contributed by atoms with Gasteiger partial charge < -0.3 is 10.2 Å². The van der Waals surface area contributed by atoms with Crippen molar-refractivity contribution in [2.75, 3.05) is 28.2 Å². The fraction of sp³-hybridized carbons (Fsp3) is 0.316. The molecule has 2 aromatic carbocycles. The van der Waals surface area contributed by atoms with E-state index in [1.54, 1.807) is 12.1 Å². The van der Waals surface area contributed by atoms with Crippen molar-refractivity contribution >= 4 is 40.0 Å². The Labute approximate surface area is 179 Å². The predicted octanol–water partition coefficient (Wildman–Crippen LogP) is 2.76. The Balaban J connectivity index is 0.00000364. The number of aliphatic imine (C=N–C) groups is 1. The number of sulfonamides is 1. The van der Waals surface area contributed by atoms with Crippen molar-refractivity contribution in [1.29, 1.82) is 0 Å². The van der Waals surface area contributed by atoms with E-state index in [2.05, 4.69) is 10.3 Å². The lowest BCUT2D eigenvalue weighted by Crippen LogP contribution is -2.36. The van der Waals surface area contributed by atoms with Crippen molar-refractivity contribution < 1.29 is 8.42 Å². The Kier molecular flexibility index (Phi) is 9.20.